The second-order valence-corrected chi connectivity index (χ2v) is 3.22. The van der Waals surface area contributed by atoms with Crippen molar-refractivity contribution in [2.24, 2.45) is 0 Å². The molecule has 0 unspecified atom stereocenters. The summed E-state index contributed by atoms with van der Waals surface area (Å²) in [5.41, 5.74) is 0. The minimum Gasteiger partial charge on any atom is -0.381 e. The Morgan fingerprint density at radius 3 is 1.33 bits per heavy atom. The van der Waals surface area contributed by atoms with Crippen LogP contribution in [0, 0.1) is 0 Å². The van der Waals surface area contributed by atoms with Gasteiger partial charge in [-0.15, -0.1) is 0 Å². The number of hydrogen-bond acceptors (Lipinski definition) is 3. The summed E-state index contributed by atoms with van der Waals surface area (Å²) in [7, 11) is 0. The van der Waals surface area contributed by atoms with Crippen LogP contribution in [0.4, 0.5) is 0 Å². The van der Waals surface area contributed by atoms with E-state index in [9.17, 15) is 0 Å². The Hall–Kier alpha value is -0.120. The van der Waals surface area contributed by atoms with Gasteiger partial charge in [-0.05, 0) is 32.5 Å². The molecule has 0 aromatic carbocycles. The summed E-state index contributed by atoms with van der Waals surface area (Å²) in [6.45, 7) is 13.9. The summed E-state index contributed by atoms with van der Waals surface area (Å²) in [5, 5.41) is 14.0. The van der Waals surface area contributed by atoms with Gasteiger partial charge in [0.2, 0.25) is 0 Å². The van der Waals surface area contributed by atoms with E-state index >= 15 is 0 Å². The number of rotatable bonds is 6. The van der Waals surface area contributed by atoms with E-state index in [1.54, 1.807) is 0 Å². The lowest BCUT2D eigenvalue weighted by Crippen LogP contribution is -2.14. The molecule has 0 atom stereocenters. The first-order valence-electron chi connectivity index (χ1n) is 6.27. The van der Waals surface area contributed by atoms with Crippen molar-refractivity contribution in [1.82, 2.24) is 10.6 Å². The van der Waals surface area contributed by atoms with E-state index in [1.165, 1.54) is 12.8 Å². The van der Waals surface area contributed by atoms with E-state index in [0.717, 1.165) is 26.1 Å². The fourth-order valence-electron chi connectivity index (χ4n) is 0.609. The van der Waals surface area contributed by atoms with Gasteiger partial charge in [-0.3, -0.25) is 5.32 Å². The number of aliphatic hydroxyl groups is 1. The maximum absolute atomic E-state index is 8.09. The van der Waals surface area contributed by atoms with Crippen LogP contribution in [-0.4, -0.2) is 31.5 Å². The summed E-state index contributed by atoms with van der Waals surface area (Å²) >= 11 is 0. The van der Waals surface area contributed by atoms with Crippen molar-refractivity contribution in [3.05, 3.63) is 0 Å². The molecule has 0 saturated carbocycles. The van der Waals surface area contributed by atoms with Crippen LogP contribution in [0.1, 0.15) is 53.9 Å². The van der Waals surface area contributed by atoms with Gasteiger partial charge in [0, 0.05) is 0 Å². The fourth-order valence-corrected chi connectivity index (χ4v) is 0.609. The molecule has 3 heteroatoms. The Labute approximate surface area is 96.7 Å². The van der Waals surface area contributed by atoms with Crippen LogP contribution in [0.25, 0.3) is 0 Å². The van der Waals surface area contributed by atoms with Gasteiger partial charge in [0.1, 0.15) is 0 Å². The summed E-state index contributed by atoms with van der Waals surface area (Å²) in [6.07, 6.45) is 3.58. The molecule has 15 heavy (non-hydrogen) atoms. The molecule has 0 radical (unpaired) electrons. The van der Waals surface area contributed by atoms with Gasteiger partial charge in [0.15, 0.2) is 0 Å². The maximum Gasteiger partial charge on any atom is 0.0931 e. The van der Waals surface area contributed by atoms with E-state index in [0.29, 0.717) is 0 Å². The Morgan fingerprint density at radius 2 is 1.20 bits per heavy atom. The molecule has 0 aromatic heterocycles. The summed E-state index contributed by atoms with van der Waals surface area (Å²) in [6, 6.07) is 0. The lowest BCUT2D eigenvalue weighted by atomic mass is 10.5. The molecule has 0 amide bonds. The second-order valence-electron chi connectivity index (χ2n) is 3.22. The average molecular weight is 220 g/mol. The molecular formula is C12H32N2O. The molecule has 0 aliphatic carbocycles. The Bertz CT molecular complexity index is 54.6. The van der Waals surface area contributed by atoms with Crippen LogP contribution in [0.3, 0.4) is 0 Å². The van der Waals surface area contributed by atoms with Gasteiger partial charge in [-0.1, -0.05) is 41.0 Å². The Morgan fingerprint density at radius 1 is 0.800 bits per heavy atom. The zero-order valence-corrected chi connectivity index (χ0v) is 11.4. The molecule has 0 aliphatic heterocycles. The van der Waals surface area contributed by atoms with Crippen LogP contribution in [0.15, 0.2) is 0 Å². The Kier molecular flexibility index (Phi) is 39.5. The van der Waals surface area contributed by atoms with Crippen LogP contribution >= 0.6 is 0 Å². The first-order valence-corrected chi connectivity index (χ1v) is 6.27. The van der Waals surface area contributed by atoms with Gasteiger partial charge >= 0.3 is 0 Å². The highest BCUT2D eigenvalue weighted by molar-refractivity contribution is 4.35. The highest BCUT2D eigenvalue weighted by atomic mass is 16.3. The molecule has 0 aromatic rings. The van der Waals surface area contributed by atoms with Crippen molar-refractivity contribution >= 4 is 0 Å². The largest absolute Gasteiger partial charge is 0.381 e. The SMILES string of the molecule is CCC.CCCNCC.CCCNCO. The third-order valence-electron chi connectivity index (χ3n) is 1.22. The molecule has 0 heterocycles. The van der Waals surface area contributed by atoms with Crippen LogP contribution in [0.5, 0.6) is 0 Å². The van der Waals surface area contributed by atoms with Crippen molar-refractivity contribution in [2.75, 3.05) is 26.4 Å². The molecule has 96 valence electrons. The monoisotopic (exact) mass is 220 g/mol. The van der Waals surface area contributed by atoms with E-state index < -0.39 is 0 Å². The second kappa shape index (κ2) is 29.2. The van der Waals surface area contributed by atoms with Crippen LogP contribution in [-0.2, 0) is 0 Å². The van der Waals surface area contributed by atoms with Crippen molar-refractivity contribution < 1.29 is 5.11 Å². The number of nitrogens with one attached hydrogen (secondary N) is 2. The molecule has 0 aliphatic rings. The predicted octanol–water partition coefficient (Wildman–Crippen LogP) is 2.36. The third kappa shape index (κ3) is 56.7. The van der Waals surface area contributed by atoms with E-state index in [-0.39, 0.29) is 6.73 Å². The van der Waals surface area contributed by atoms with Crippen LogP contribution in [0.2, 0.25) is 0 Å². The zero-order chi connectivity index (χ0) is 12.4. The molecular weight excluding hydrogens is 188 g/mol. The normalized spacial score (nSPS) is 8.40. The first-order chi connectivity index (χ1) is 7.24. The first kappa shape index (κ1) is 20.3. The van der Waals surface area contributed by atoms with Crippen molar-refractivity contribution in [3.63, 3.8) is 0 Å². The van der Waals surface area contributed by atoms with Crippen LogP contribution < -0.4 is 10.6 Å². The van der Waals surface area contributed by atoms with Gasteiger partial charge in [0.05, 0.1) is 6.73 Å². The lowest BCUT2D eigenvalue weighted by molar-refractivity contribution is 0.261. The highest BCUT2D eigenvalue weighted by Gasteiger charge is 1.72. The van der Waals surface area contributed by atoms with Crippen molar-refractivity contribution in [1.29, 1.82) is 0 Å². The molecule has 0 fully saturated rings. The topological polar surface area (TPSA) is 44.3 Å². The standard InChI is InChI=1S/C5H13N.C4H11NO.C3H8/c1-3-5-6-4-2;1-2-3-5-4-6;1-3-2/h6H,3-5H2,1-2H3;5-6H,2-4H2,1H3;3H2,1-2H3. The van der Waals surface area contributed by atoms with Gasteiger partial charge in [-0.2, -0.15) is 0 Å². The molecule has 0 bridgehead atoms. The maximum atomic E-state index is 8.09. The van der Waals surface area contributed by atoms with Gasteiger partial charge < -0.3 is 10.4 Å². The van der Waals surface area contributed by atoms with Crippen molar-refractivity contribution in [2.45, 2.75) is 53.9 Å². The fraction of sp³-hybridized carbons (Fsp3) is 1.00. The van der Waals surface area contributed by atoms with E-state index in [1.807, 2.05) is 0 Å². The number of hydrogen-bond donors (Lipinski definition) is 3. The molecule has 0 saturated heterocycles. The molecule has 3 N–H and O–H groups in total. The summed E-state index contributed by atoms with van der Waals surface area (Å²) < 4.78 is 0. The minimum atomic E-state index is 0.105. The molecule has 0 spiro atoms. The van der Waals surface area contributed by atoms with E-state index in [2.05, 4.69) is 45.3 Å². The smallest absolute Gasteiger partial charge is 0.0931 e. The molecule has 0 rings (SSSR count). The zero-order valence-electron chi connectivity index (χ0n) is 11.4. The summed E-state index contributed by atoms with van der Waals surface area (Å²) in [5.74, 6) is 0. The summed E-state index contributed by atoms with van der Waals surface area (Å²) in [4.78, 5) is 0. The Balaban J connectivity index is -0.000000153. The average Bonchev–Trinajstić information content (AvgIpc) is 2.25. The minimum absolute atomic E-state index is 0.105. The number of aliphatic hydroxyl groups excluding tert-OH is 1. The van der Waals surface area contributed by atoms with Gasteiger partial charge in [-0.25, -0.2) is 0 Å². The molecule has 3 nitrogen and oxygen atoms in total. The third-order valence-corrected chi connectivity index (χ3v) is 1.22. The van der Waals surface area contributed by atoms with Gasteiger partial charge in [0.25, 0.3) is 0 Å². The highest BCUT2D eigenvalue weighted by Crippen LogP contribution is 1.65. The van der Waals surface area contributed by atoms with E-state index in [4.69, 9.17) is 5.11 Å². The quantitative estimate of drug-likeness (QED) is 0.475. The lowest BCUT2D eigenvalue weighted by Gasteiger charge is -1.91. The van der Waals surface area contributed by atoms with Crippen molar-refractivity contribution in [3.8, 4) is 0 Å². The predicted molar refractivity (Wildman–Crippen MR) is 70.2 cm³/mol.